The Morgan fingerprint density at radius 3 is 2.56 bits per heavy atom. The number of carbonyl (C=O) groups excluding carboxylic acids is 1. The third-order valence-corrected chi connectivity index (χ3v) is 3.25. The molecule has 1 aromatic rings. The van der Waals surface area contributed by atoms with Gasteiger partial charge in [0.15, 0.2) is 11.5 Å². The molecule has 18 heavy (non-hydrogen) atoms. The monoisotopic (exact) mass is 251 g/mol. The van der Waals surface area contributed by atoms with E-state index in [2.05, 4.69) is 5.32 Å². The van der Waals surface area contributed by atoms with E-state index in [1.165, 1.54) is 18.2 Å². The van der Waals surface area contributed by atoms with Gasteiger partial charge in [0.25, 0.3) is 5.91 Å². The highest BCUT2D eigenvalue weighted by Gasteiger charge is 2.29. The third-order valence-electron chi connectivity index (χ3n) is 3.25. The second-order valence-corrected chi connectivity index (χ2v) is 4.83. The lowest BCUT2D eigenvalue weighted by Gasteiger charge is -2.34. The summed E-state index contributed by atoms with van der Waals surface area (Å²) in [5.41, 5.74) is 0.0565. The number of hydrogen-bond acceptors (Lipinski definition) is 4. The molecule has 98 valence electrons. The molecule has 1 saturated heterocycles. The number of phenolic OH excluding ortho intramolecular Hbond substituents is 2. The maximum absolute atomic E-state index is 12.0. The average Bonchev–Trinajstić information content (AvgIpc) is 2.33. The number of nitrogens with one attached hydrogen (secondary N) is 1. The first-order chi connectivity index (χ1) is 8.50. The van der Waals surface area contributed by atoms with Gasteiger partial charge in [-0.1, -0.05) is 0 Å². The van der Waals surface area contributed by atoms with Crippen molar-refractivity contribution < 1.29 is 19.7 Å². The largest absolute Gasteiger partial charge is 0.504 e. The first-order valence-corrected chi connectivity index (χ1v) is 5.92. The van der Waals surface area contributed by atoms with E-state index in [1.807, 2.05) is 6.92 Å². The van der Waals surface area contributed by atoms with Crippen LogP contribution >= 0.6 is 0 Å². The Morgan fingerprint density at radius 1 is 1.28 bits per heavy atom. The molecule has 1 aromatic carbocycles. The average molecular weight is 251 g/mol. The van der Waals surface area contributed by atoms with E-state index in [-0.39, 0.29) is 22.9 Å². The number of rotatable bonds is 2. The number of benzene rings is 1. The van der Waals surface area contributed by atoms with Crippen LogP contribution in [-0.4, -0.2) is 34.9 Å². The van der Waals surface area contributed by atoms with E-state index in [4.69, 9.17) is 4.74 Å². The fraction of sp³-hybridized carbons (Fsp3) is 0.462. The van der Waals surface area contributed by atoms with Gasteiger partial charge >= 0.3 is 0 Å². The van der Waals surface area contributed by atoms with Crippen molar-refractivity contribution in [2.75, 3.05) is 13.2 Å². The lowest BCUT2D eigenvalue weighted by atomic mass is 9.92. The molecule has 0 saturated carbocycles. The standard InChI is InChI=1S/C13H17NO4/c1-13(4-6-18-7-5-13)14-12(17)9-2-3-10(15)11(16)8-9/h2-3,8,15-16H,4-7H2,1H3,(H,14,17). The molecule has 1 aliphatic heterocycles. The third kappa shape index (κ3) is 2.73. The number of amides is 1. The molecular weight excluding hydrogens is 234 g/mol. The van der Waals surface area contributed by atoms with E-state index in [1.54, 1.807) is 0 Å². The Morgan fingerprint density at radius 2 is 1.94 bits per heavy atom. The Kier molecular flexibility index (Phi) is 3.43. The van der Waals surface area contributed by atoms with Crippen molar-refractivity contribution in [1.29, 1.82) is 0 Å². The maximum Gasteiger partial charge on any atom is 0.251 e. The summed E-state index contributed by atoms with van der Waals surface area (Å²) in [5, 5.41) is 21.5. The molecule has 1 amide bonds. The lowest BCUT2D eigenvalue weighted by Crippen LogP contribution is -2.49. The van der Waals surface area contributed by atoms with Crippen LogP contribution in [-0.2, 0) is 4.74 Å². The van der Waals surface area contributed by atoms with Gasteiger partial charge in [0.2, 0.25) is 0 Å². The summed E-state index contributed by atoms with van der Waals surface area (Å²) in [4.78, 5) is 12.0. The van der Waals surface area contributed by atoms with Crippen LogP contribution in [0.25, 0.3) is 0 Å². The van der Waals surface area contributed by atoms with Crippen molar-refractivity contribution in [1.82, 2.24) is 5.32 Å². The minimum Gasteiger partial charge on any atom is -0.504 e. The number of phenols is 2. The quantitative estimate of drug-likeness (QED) is 0.694. The topological polar surface area (TPSA) is 78.8 Å². The van der Waals surface area contributed by atoms with E-state index in [0.717, 1.165) is 12.8 Å². The molecule has 1 fully saturated rings. The summed E-state index contributed by atoms with van der Waals surface area (Å²) in [5.74, 6) is -0.779. The first kappa shape index (κ1) is 12.7. The molecule has 1 heterocycles. The molecular formula is C13H17NO4. The number of ether oxygens (including phenoxy) is 1. The Bertz CT molecular complexity index is 452. The minimum atomic E-state index is -0.292. The van der Waals surface area contributed by atoms with Crippen LogP contribution in [0, 0.1) is 0 Å². The molecule has 0 aliphatic carbocycles. The minimum absolute atomic E-state index is 0.233. The summed E-state index contributed by atoms with van der Waals surface area (Å²) in [6, 6.07) is 4.04. The lowest BCUT2D eigenvalue weighted by molar-refractivity contribution is 0.0422. The van der Waals surface area contributed by atoms with Gasteiger partial charge in [0.1, 0.15) is 0 Å². The van der Waals surface area contributed by atoms with Crippen molar-refractivity contribution in [3.8, 4) is 11.5 Å². The smallest absolute Gasteiger partial charge is 0.251 e. The summed E-state index contributed by atoms with van der Waals surface area (Å²) in [7, 11) is 0. The molecule has 1 aliphatic rings. The molecule has 5 heteroatoms. The van der Waals surface area contributed by atoms with Crippen molar-refractivity contribution in [2.24, 2.45) is 0 Å². The summed E-state index contributed by atoms with van der Waals surface area (Å²) >= 11 is 0. The molecule has 0 radical (unpaired) electrons. The number of hydrogen-bond donors (Lipinski definition) is 3. The fourth-order valence-corrected chi connectivity index (χ4v) is 1.96. The summed E-state index contributed by atoms with van der Waals surface area (Å²) in [6.07, 6.45) is 1.53. The second-order valence-electron chi connectivity index (χ2n) is 4.83. The van der Waals surface area contributed by atoms with E-state index in [9.17, 15) is 15.0 Å². The van der Waals surface area contributed by atoms with Gasteiger partial charge in [-0.2, -0.15) is 0 Å². The van der Waals surface area contributed by atoms with Gasteiger partial charge in [0.05, 0.1) is 0 Å². The van der Waals surface area contributed by atoms with Crippen LogP contribution in [0.2, 0.25) is 0 Å². The Hall–Kier alpha value is -1.75. The second kappa shape index (κ2) is 4.86. The highest BCUT2D eigenvalue weighted by atomic mass is 16.5. The van der Waals surface area contributed by atoms with Crippen LogP contribution in [0.1, 0.15) is 30.1 Å². The van der Waals surface area contributed by atoms with Crippen molar-refractivity contribution in [3.63, 3.8) is 0 Å². The summed E-state index contributed by atoms with van der Waals surface area (Å²) < 4.78 is 5.26. The van der Waals surface area contributed by atoms with Crippen LogP contribution in [0.4, 0.5) is 0 Å². The van der Waals surface area contributed by atoms with E-state index >= 15 is 0 Å². The zero-order valence-electron chi connectivity index (χ0n) is 10.3. The van der Waals surface area contributed by atoms with Gasteiger partial charge in [-0.05, 0) is 38.0 Å². The van der Waals surface area contributed by atoms with Gasteiger partial charge in [-0.15, -0.1) is 0 Å². The molecule has 0 atom stereocenters. The predicted molar refractivity (Wildman–Crippen MR) is 65.7 cm³/mol. The normalized spacial score (nSPS) is 18.3. The van der Waals surface area contributed by atoms with Crippen LogP contribution < -0.4 is 5.32 Å². The van der Waals surface area contributed by atoms with E-state index in [0.29, 0.717) is 18.8 Å². The maximum atomic E-state index is 12.0. The predicted octanol–water partition coefficient (Wildman–Crippen LogP) is 1.40. The molecule has 2 rings (SSSR count). The van der Waals surface area contributed by atoms with Gasteiger partial charge in [-0.25, -0.2) is 0 Å². The van der Waals surface area contributed by atoms with Crippen LogP contribution in [0.3, 0.4) is 0 Å². The highest BCUT2D eigenvalue weighted by molar-refractivity contribution is 5.95. The van der Waals surface area contributed by atoms with Crippen LogP contribution in [0.5, 0.6) is 11.5 Å². The highest BCUT2D eigenvalue weighted by Crippen LogP contribution is 2.26. The Balaban J connectivity index is 2.09. The molecule has 5 nitrogen and oxygen atoms in total. The number of aromatic hydroxyl groups is 2. The zero-order valence-corrected chi connectivity index (χ0v) is 10.3. The molecule has 3 N–H and O–H groups in total. The van der Waals surface area contributed by atoms with Gasteiger partial charge in [0, 0.05) is 24.3 Å². The summed E-state index contributed by atoms with van der Waals surface area (Å²) in [6.45, 7) is 3.25. The van der Waals surface area contributed by atoms with Crippen molar-refractivity contribution >= 4 is 5.91 Å². The molecule has 0 unspecified atom stereocenters. The number of carbonyl (C=O) groups is 1. The van der Waals surface area contributed by atoms with E-state index < -0.39 is 0 Å². The first-order valence-electron chi connectivity index (χ1n) is 5.92. The van der Waals surface area contributed by atoms with Crippen molar-refractivity contribution in [3.05, 3.63) is 23.8 Å². The molecule has 0 spiro atoms. The SMILES string of the molecule is CC1(NC(=O)c2ccc(O)c(O)c2)CCOCC1. The van der Waals surface area contributed by atoms with Crippen molar-refractivity contribution in [2.45, 2.75) is 25.3 Å². The zero-order chi connectivity index (χ0) is 13.2. The van der Waals surface area contributed by atoms with Crippen LogP contribution in [0.15, 0.2) is 18.2 Å². The van der Waals surface area contributed by atoms with Gasteiger partial charge in [-0.3, -0.25) is 4.79 Å². The fourth-order valence-electron chi connectivity index (χ4n) is 1.96. The molecule has 0 bridgehead atoms. The Labute approximate surface area is 105 Å². The molecule has 0 aromatic heterocycles. The van der Waals surface area contributed by atoms with Gasteiger partial charge < -0.3 is 20.3 Å².